The van der Waals surface area contributed by atoms with Crippen LogP contribution in [0.15, 0.2) is 24.3 Å². The van der Waals surface area contributed by atoms with E-state index < -0.39 is 5.97 Å². The second-order valence-electron chi connectivity index (χ2n) is 4.10. The fourth-order valence-electron chi connectivity index (χ4n) is 2.05. The predicted octanol–water partition coefficient (Wildman–Crippen LogP) is 2.00. The third-order valence-electron chi connectivity index (χ3n) is 2.97. The molecule has 0 saturated heterocycles. The van der Waals surface area contributed by atoms with Gasteiger partial charge in [-0.1, -0.05) is 0 Å². The molecule has 0 bridgehead atoms. The van der Waals surface area contributed by atoms with Crippen molar-refractivity contribution in [3.05, 3.63) is 30.0 Å². The van der Waals surface area contributed by atoms with Gasteiger partial charge in [-0.3, -0.25) is 4.68 Å². The van der Waals surface area contributed by atoms with E-state index in [0.717, 1.165) is 11.3 Å². The summed E-state index contributed by atoms with van der Waals surface area (Å²) in [7, 11) is 0. The maximum atomic E-state index is 11.0. The first-order valence-corrected chi connectivity index (χ1v) is 5.90. The van der Waals surface area contributed by atoms with E-state index in [1.165, 1.54) is 0 Å². The molecule has 0 radical (unpaired) electrons. The van der Waals surface area contributed by atoms with Crippen molar-refractivity contribution in [2.45, 2.75) is 13.5 Å². The Morgan fingerprint density at radius 3 is 2.89 bits per heavy atom. The van der Waals surface area contributed by atoms with Gasteiger partial charge in [-0.15, -0.1) is 0 Å². The lowest BCUT2D eigenvalue weighted by Crippen LogP contribution is -2.02. The molecule has 1 aliphatic heterocycles. The summed E-state index contributed by atoms with van der Waals surface area (Å²) in [4.78, 5) is 11.0. The average molecular weight is 260 g/mol. The van der Waals surface area contributed by atoms with Crippen molar-refractivity contribution in [2.24, 2.45) is 0 Å². The molecular weight excluding hydrogens is 248 g/mol. The molecular formula is C13H12N2O4. The third-order valence-corrected chi connectivity index (χ3v) is 2.97. The number of benzene rings is 1. The Morgan fingerprint density at radius 1 is 1.37 bits per heavy atom. The van der Waals surface area contributed by atoms with Crippen LogP contribution in [0.1, 0.15) is 17.4 Å². The van der Waals surface area contributed by atoms with Gasteiger partial charge in [-0.25, -0.2) is 4.79 Å². The van der Waals surface area contributed by atoms with Crippen LogP contribution in [0, 0.1) is 0 Å². The summed E-state index contributed by atoms with van der Waals surface area (Å²) in [6.45, 7) is 2.72. The highest BCUT2D eigenvalue weighted by Crippen LogP contribution is 2.36. The Labute approximate surface area is 109 Å². The van der Waals surface area contributed by atoms with E-state index in [2.05, 4.69) is 5.10 Å². The van der Waals surface area contributed by atoms with E-state index >= 15 is 0 Å². The first kappa shape index (κ1) is 11.6. The van der Waals surface area contributed by atoms with E-state index in [1.807, 2.05) is 25.1 Å². The van der Waals surface area contributed by atoms with Gasteiger partial charge in [0.25, 0.3) is 0 Å². The molecule has 0 fully saturated rings. The van der Waals surface area contributed by atoms with Crippen LogP contribution in [0.2, 0.25) is 0 Å². The molecule has 0 aliphatic carbocycles. The fourth-order valence-corrected chi connectivity index (χ4v) is 2.05. The van der Waals surface area contributed by atoms with Crippen LogP contribution in [0.25, 0.3) is 11.3 Å². The fraction of sp³-hybridized carbons (Fsp3) is 0.231. The lowest BCUT2D eigenvalue weighted by atomic mass is 10.1. The van der Waals surface area contributed by atoms with Crippen LogP contribution >= 0.6 is 0 Å². The molecule has 0 amide bonds. The number of hydrogen-bond donors (Lipinski definition) is 1. The molecule has 2 heterocycles. The summed E-state index contributed by atoms with van der Waals surface area (Å²) in [5, 5.41) is 13.0. The molecule has 6 heteroatoms. The second kappa shape index (κ2) is 4.31. The predicted molar refractivity (Wildman–Crippen MR) is 66.4 cm³/mol. The summed E-state index contributed by atoms with van der Waals surface area (Å²) in [5.74, 6) is 0.331. The van der Waals surface area contributed by atoms with Gasteiger partial charge in [0.1, 0.15) is 0 Å². The third kappa shape index (κ3) is 1.91. The quantitative estimate of drug-likeness (QED) is 0.913. The number of nitrogens with zero attached hydrogens (tertiary/aromatic N) is 2. The molecule has 1 N–H and O–H groups in total. The number of ether oxygens (including phenoxy) is 2. The highest BCUT2D eigenvalue weighted by molar-refractivity contribution is 5.87. The molecule has 19 heavy (non-hydrogen) atoms. The Hall–Kier alpha value is -2.50. The number of carboxylic acids is 1. The standard InChI is InChI=1S/C13H12N2O4/c1-2-15-10(6-9(14-15)13(16)17)8-3-4-11-12(5-8)19-7-18-11/h3-6H,2,7H2,1H3,(H,16,17). The van der Waals surface area contributed by atoms with Gasteiger partial charge >= 0.3 is 5.97 Å². The maximum Gasteiger partial charge on any atom is 0.356 e. The number of fused-ring (bicyclic) bond motifs is 1. The van der Waals surface area contributed by atoms with E-state index in [1.54, 1.807) is 10.7 Å². The Balaban J connectivity index is 2.08. The highest BCUT2D eigenvalue weighted by atomic mass is 16.7. The van der Waals surface area contributed by atoms with Gasteiger partial charge in [-0.2, -0.15) is 5.10 Å². The molecule has 0 atom stereocenters. The molecule has 0 spiro atoms. The maximum absolute atomic E-state index is 11.0. The van der Waals surface area contributed by atoms with Gasteiger partial charge in [0.05, 0.1) is 5.69 Å². The molecule has 1 aliphatic rings. The summed E-state index contributed by atoms with van der Waals surface area (Å²) in [6, 6.07) is 7.06. The molecule has 1 aromatic carbocycles. The summed E-state index contributed by atoms with van der Waals surface area (Å²) in [6.07, 6.45) is 0. The van der Waals surface area contributed by atoms with E-state index in [0.29, 0.717) is 18.0 Å². The van der Waals surface area contributed by atoms with Crippen molar-refractivity contribution in [3.63, 3.8) is 0 Å². The first-order valence-electron chi connectivity index (χ1n) is 5.90. The van der Waals surface area contributed by atoms with Crippen LogP contribution in [0.3, 0.4) is 0 Å². The van der Waals surface area contributed by atoms with Crippen LogP contribution in [0.5, 0.6) is 11.5 Å². The molecule has 98 valence electrons. The highest BCUT2D eigenvalue weighted by Gasteiger charge is 2.18. The van der Waals surface area contributed by atoms with Crippen molar-refractivity contribution in [1.29, 1.82) is 0 Å². The smallest absolute Gasteiger partial charge is 0.356 e. The summed E-state index contributed by atoms with van der Waals surface area (Å²) < 4.78 is 12.2. The molecule has 3 rings (SSSR count). The number of aromatic carboxylic acids is 1. The molecule has 0 saturated carbocycles. The number of aromatic nitrogens is 2. The summed E-state index contributed by atoms with van der Waals surface area (Å²) >= 11 is 0. The Kier molecular flexibility index (Phi) is 2.63. The molecule has 2 aromatic rings. The van der Waals surface area contributed by atoms with Crippen molar-refractivity contribution in [2.75, 3.05) is 6.79 Å². The number of aryl methyl sites for hydroxylation is 1. The van der Waals surface area contributed by atoms with E-state index in [9.17, 15) is 4.79 Å². The van der Waals surface area contributed by atoms with Gasteiger partial charge in [0.15, 0.2) is 17.2 Å². The van der Waals surface area contributed by atoms with Crippen LogP contribution in [-0.4, -0.2) is 27.6 Å². The summed E-state index contributed by atoms with van der Waals surface area (Å²) in [5.41, 5.74) is 1.64. The Bertz CT molecular complexity index is 648. The molecule has 1 aromatic heterocycles. The SMILES string of the molecule is CCn1nc(C(=O)O)cc1-c1ccc2c(c1)OCO2. The van der Waals surface area contributed by atoms with Gasteiger partial charge in [0.2, 0.25) is 6.79 Å². The average Bonchev–Trinajstić information content (AvgIpc) is 3.04. The lowest BCUT2D eigenvalue weighted by molar-refractivity contribution is 0.0689. The second-order valence-corrected chi connectivity index (χ2v) is 4.10. The van der Waals surface area contributed by atoms with Gasteiger partial charge in [-0.05, 0) is 31.2 Å². The van der Waals surface area contributed by atoms with Gasteiger partial charge in [0, 0.05) is 12.1 Å². The largest absolute Gasteiger partial charge is 0.476 e. The van der Waals surface area contributed by atoms with Crippen molar-refractivity contribution < 1.29 is 19.4 Å². The zero-order chi connectivity index (χ0) is 13.4. The minimum atomic E-state index is -1.03. The minimum absolute atomic E-state index is 0.0366. The van der Waals surface area contributed by atoms with Crippen LogP contribution < -0.4 is 9.47 Å². The first-order chi connectivity index (χ1) is 9.19. The topological polar surface area (TPSA) is 73.6 Å². The van der Waals surface area contributed by atoms with E-state index in [-0.39, 0.29) is 12.5 Å². The number of carboxylic acid groups (broad SMARTS) is 1. The van der Waals surface area contributed by atoms with Crippen molar-refractivity contribution >= 4 is 5.97 Å². The van der Waals surface area contributed by atoms with Crippen LogP contribution in [0.4, 0.5) is 0 Å². The minimum Gasteiger partial charge on any atom is -0.476 e. The normalized spacial score (nSPS) is 12.7. The monoisotopic (exact) mass is 260 g/mol. The van der Waals surface area contributed by atoms with Crippen LogP contribution in [-0.2, 0) is 6.54 Å². The molecule has 6 nitrogen and oxygen atoms in total. The lowest BCUT2D eigenvalue weighted by Gasteiger charge is -2.05. The van der Waals surface area contributed by atoms with E-state index in [4.69, 9.17) is 14.6 Å². The number of rotatable bonds is 3. The van der Waals surface area contributed by atoms with Gasteiger partial charge < -0.3 is 14.6 Å². The van der Waals surface area contributed by atoms with Crippen molar-refractivity contribution in [3.8, 4) is 22.8 Å². The molecule has 0 unspecified atom stereocenters. The zero-order valence-corrected chi connectivity index (χ0v) is 10.3. The number of hydrogen-bond acceptors (Lipinski definition) is 4. The zero-order valence-electron chi connectivity index (χ0n) is 10.3. The number of carbonyl (C=O) groups is 1. The van der Waals surface area contributed by atoms with Crippen molar-refractivity contribution in [1.82, 2.24) is 9.78 Å². The Morgan fingerprint density at radius 2 is 2.16 bits per heavy atom.